The van der Waals surface area contributed by atoms with E-state index in [0.717, 1.165) is 25.1 Å². The summed E-state index contributed by atoms with van der Waals surface area (Å²) in [5, 5.41) is 8.60. The molecule has 5 nitrogen and oxygen atoms in total. The maximum atomic E-state index is 11.7. The van der Waals surface area contributed by atoms with Gasteiger partial charge in [0.1, 0.15) is 0 Å². The van der Waals surface area contributed by atoms with Crippen LogP contribution in [0.4, 0.5) is 5.69 Å². The first-order valence-corrected chi connectivity index (χ1v) is 6.54. The van der Waals surface area contributed by atoms with Crippen molar-refractivity contribution in [3.63, 3.8) is 0 Å². The van der Waals surface area contributed by atoms with E-state index < -0.39 is 0 Å². The molecule has 0 saturated heterocycles. The fraction of sp³-hybridized carbons (Fsp3) is 0.429. The predicted molar refractivity (Wildman–Crippen MR) is 74.1 cm³/mol. The number of rotatable bonds is 6. The highest BCUT2D eigenvalue weighted by atomic mass is 16.2. The number of carbonyl (C=O) groups excluding carboxylic acids is 2. The van der Waals surface area contributed by atoms with Crippen LogP contribution in [0.25, 0.3) is 0 Å². The molecule has 1 aromatic rings. The number of hydrogen-bond acceptors (Lipinski definition) is 3. The van der Waals surface area contributed by atoms with Crippen molar-refractivity contribution < 1.29 is 9.59 Å². The summed E-state index contributed by atoms with van der Waals surface area (Å²) in [5.41, 5.74) is 1.34. The fourth-order valence-electron chi connectivity index (χ4n) is 1.70. The minimum absolute atomic E-state index is 0.0752. The summed E-state index contributed by atoms with van der Waals surface area (Å²) in [4.78, 5) is 23.3. The smallest absolute Gasteiger partial charge is 0.251 e. The summed E-state index contributed by atoms with van der Waals surface area (Å²) in [7, 11) is 1.84. The van der Waals surface area contributed by atoms with E-state index in [-0.39, 0.29) is 17.7 Å². The lowest BCUT2D eigenvalue weighted by Crippen LogP contribution is -2.30. The van der Waals surface area contributed by atoms with Gasteiger partial charge in [-0.1, -0.05) is 0 Å². The lowest BCUT2D eigenvalue weighted by Gasteiger charge is -2.07. The number of hydrogen-bond donors (Lipinski definition) is 3. The lowest BCUT2D eigenvalue weighted by molar-refractivity contribution is -0.117. The Balaban J connectivity index is 1.86. The Morgan fingerprint density at radius 3 is 2.42 bits per heavy atom. The third-order valence-electron chi connectivity index (χ3n) is 3.02. The number of likely N-dealkylation sites (N-methyl/N-ethyl adjacent to an activating group) is 1. The van der Waals surface area contributed by atoms with E-state index in [1.54, 1.807) is 24.3 Å². The molecule has 5 heteroatoms. The lowest BCUT2D eigenvalue weighted by atomic mass is 10.2. The summed E-state index contributed by atoms with van der Waals surface area (Å²) >= 11 is 0. The van der Waals surface area contributed by atoms with E-state index >= 15 is 0 Å². The second-order valence-electron chi connectivity index (χ2n) is 4.70. The third kappa shape index (κ3) is 4.06. The van der Waals surface area contributed by atoms with Gasteiger partial charge in [0.05, 0.1) is 0 Å². The molecular weight excluding hydrogens is 242 g/mol. The van der Waals surface area contributed by atoms with Crippen molar-refractivity contribution >= 4 is 17.5 Å². The maximum absolute atomic E-state index is 11.7. The van der Waals surface area contributed by atoms with Gasteiger partial charge in [-0.05, 0) is 44.2 Å². The van der Waals surface area contributed by atoms with Crippen LogP contribution in [-0.2, 0) is 4.79 Å². The molecule has 2 rings (SSSR count). The van der Waals surface area contributed by atoms with Gasteiger partial charge in [-0.15, -0.1) is 0 Å². The minimum atomic E-state index is -0.102. The van der Waals surface area contributed by atoms with Gasteiger partial charge < -0.3 is 16.0 Å². The van der Waals surface area contributed by atoms with E-state index in [2.05, 4.69) is 16.0 Å². The van der Waals surface area contributed by atoms with E-state index in [1.807, 2.05) is 7.05 Å². The molecule has 0 bridgehead atoms. The van der Waals surface area contributed by atoms with Crippen LogP contribution < -0.4 is 16.0 Å². The third-order valence-corrected chi connectivity index (χ3v) is 3.02. The molecule has 1 saturated carbocycles. The number of benzene rings is 1. The molecule has 0 atom stereocenters. The highest BCUT2D eigenvalue weighted by Gasteiger charge is 2.29. The number of nitrogens with one attached hydrogen (secondary N) is 3. The monoisotopic (exact) mass is 261 g/mol. The Labute approximate surface area is 112 Å². The van der Waals surface area contributed by atoms with Gasteiger partial charge in [0.25, 0.3) is 5.91 Å². The van der Waals surface area contributed by atoms with E-state index in [9.17, 15) is 9.59 Å². The Morgan fingerprint density at radius 2 is 1.84 bits per heavy atom. The zero-order chi connectivity index (χ0) is 13.7. The summed E-state index contributed by atoms with van der Waals surface area (Å²) in [5.74, 6) is 0.158. The second kappa shape index (κ2) is 6.33. The Morgan fingerprint density at radius 1 is 1.16 bits per heavy atom. The Kier molecular flexibility index (Phi) is 4.52. The Bertz CT molecular complexity index is 452. The first-order chi connectivity index (χ1) is 9.20. The summed E-state index contributed by atoms with van der Waals surface area (Å²) < 4.78 is 0. The summed E-state index contributed by atoms with van der Waals surface area (Å²) in [6.45, 7) is 1.33. The molecule has 2 amide bonds. The molecule has 3 N–H and O–H groups in total. The maximum Gasteiger partial charge on any atom is 0.251 e. The zero-order valence-electron chi connectivity index (χ0n) is 11.0. The number of carbonyl (C=O) groups is 2. The molecular formula is C14H19N3O2. The van der Waals surface area contributed by atoms with Crippen LogP contribution in [0.3, 0.4) is 0 Å². The van der Waals surface area contributed by atoms with Gasteiger partial charge in [-0.2, -0.15) is 0 Å². The molecule has 102 valence electrons. The van der Waals surface area contributed by atoms with Gasteiger partial charge in [0.15, 0.2) is 0 Å². The van der Waals surface area contributed by atoms with Crippen molar-refractivity contribution in [3.8, 4) is 0 Å². The number of anilines is 1. The first kappa shape index (κ1) is 13.5. The summed E-state index contributed by atoms with van der Waals surface area (Å²) in [6, 6.07) is 6.95. The molecule has 19 heavy (non-hydrogen) atoms. The highest BCUT2D eigenvalue weighted by Crippen LogP contribution is 2.30. The number of amides is 2. The van der Waals surface area contributed by atoms with Crippen LogP contribution in [0, 0.1) is 5.92 Å². The largest absolute Gasteiger partial charge is 0.351 e. The molecule has 0 radical (unpaired) electrons. The van der Waals surface area contributed by atoms with E-state index in [0.29, 0.717) is 12.1 Å². The van der Waals surface area contributed by atoms with Crippen molar-refractivity contribution in [2.24, 2.45) is 5.92 Å². The normalized spacial score (nSPS) is 13.9. The zero-order valence-corrected chi connectivity index (χ0v) is 11.0. The van der Waals surface area contributed by atoms with Crippen LogP contribution in [0.5, 0.6) is 0 Å². The van der Waals surface area contributed by atoms with Gasteiger partial charge in [0.2, 0.25) is 5.91 Å². The van der Waals surface area contributed by atoms with Crippen molar-refractivity contribution in [2.75, 3.05) is 25.5 Å². The molecule has 0 heterocycles. The Hall–Kier alpha value is -1.88. The molecule has 1 aromatic carbocycles. The average molecular weight is 261 g/mol. The van der Waals surface area contributed by atoms with Crippen molar-refractivity contribution in [3.05, 3.63) is 29.8 Å². The standard InChI is InChI=1S/C14H19N3O2/c1-15-8-9-16-13(18)10-4-6-12(7-5-10)17-14(19)11-2-3-11/h4-7,11,15H,2-3,8-9H2,1H3,(H,16,18)(H,17,19). The van der Waals surface area contributed by atoms with Gasteiger partial charge >= 0.3 is 0 Å². The van der Waals surface area contributed by atoms with Crippen molar-refractivity contribution in [1.82, 2.24) is 10.6 Å². The molecule has 0 aromatic heterocycles. The van der Waals surface area contributed by atoms with Crippen molar-refractivity contribution in [1.29, 1.82) is 0 Å². The first-order valence-electron chi connectivity index (χ1n) is 6.54. The van der Waals surface area contributed by atoms with Crippen LogP contribution >= 0.6 is 0 Å². The molecule has 1 aliphatic carbocycles. The molecule has 0 spiro atoms. The SMILES string of the molecule is CNCCNC(=O)c1ccc(NC(=O)C2CC2)cc1. The van der Waals surface area contributed by atoms with Gasteiger partial charge in [-0.25, -0.2) is 0 Å². The topological polar surface area (TPSA) is 70.2 Å². The van der Waals surface area contributed by atoms with Crippen molar-refractivity contribution in [2.45, 2.75) is 12.8 Å². The quantitative estimate of drug-likeness (QED) is 0.669. The second-order valence-corrected chi connectivity index (χ2v) is 4.70. The fourth-order valence-corrected chi connectivity index (χ4v) is 1.70. The molecule has 1 fully saturated rings. The van der Waals surface area contributed by atoms with Gasteiger partial charge in [0, 0.05) is 30.3 Å². The van der Waals surface area contributed by atoms with Crippen LogP contribution in [-0.4, -0.2) is 32.0 Å². The van der Waals surface area contributed by atoms with Crippen LogP contribution in [0.15, 0.2) is 24.3 Å². The molecule has 0 aliphatic heterocycles. The minimum Gasteiger partial charge on any atom is -0.351 e. The van der Waals surface area contributed by atoms with Gasteiger partial charge in [-0.3, -0.25) is 9.59 Å². The predicted octanol–water partition coefficient (Wildman–Crippen LogP) is 0.984. The highest BCUT2D eigenvalue weighted by molar-refractivity contribution is 5.96. The summed E-state index contributed by atoms with van der Waals surface area (Å²) in [6.07, 6.45) is 1.97. The van der Waals surface area contributed by atoms with Crippen LogP contribution in [0.1, 0.15) is 23.2 Å². The van der Waals surface area contributed by atoms with E-state index in [4.69, 9.17) is 0 Å². The molecule has 1 aliphatic rings. The van der Waals surface area contributed by atoms with E-state index in [1.165, 1.54) is 0 Å². The van der Waals surface area contributed by atoms with Crippen LogP contribution in [0.2, 0.25) is 0 Å². The average Bonchev–Trinajstić information content (AvgIpc) is 3.24. The molecule has 0 unspecified atom stereocenters.